The van der Waals surface area contributed by atoms with Gasteiger partial charge in [0.1, 0.15) is 11.3 Å². The van der Waals surface area contributed by atoms with E-state index in [2.05, 4.69) is 5.32 Å². The maximum absolute atomic E-state index is 12.2. The molecule has 0 spiro atoms. The van der Waals surface area contributed by atoms with Crippen LogP contribution in [0.3, 0.4) is 0 Å². The summed E-state index contributed by atoms with van der Waals surface area (Å²) in [4.78, 5) is 22.5. The van der Waals surface area contributed by atoms with Gasteiger partial charge < -0.3 is 9.73 Å². The number of benzene rings is 2. The molecular formula is C17H14N2O4. The Balaban J connectivity index is 1.79. The van der Waals surface area contributed by atoms with Crippen molar-refractivity contribution < 1.29 is 14.1 Å². The SMILES string of the molecule is CC(NC(=O)c1cccc([N+](=O)[O-])c1)c1cc2ccccc2o1. The van der Waals surface area contributed by atoms with Crippen LogP contribution in [-0.4, -0.2) is 10.8 Å². The van der Waals surface area contributed by atoms with Crippen LogP contribution in [-0.2, 0) is 0 Å². The van der Waals surface area contributed by atoms with Gasteiger partial charge in [-0.1, -0.05) is 24.3 Å². The van der Waals surface area contributed by atoms with Gasteiger partial charge >= 0.3 is 0 Å². The summed E-state index contributed by atoms with van der Waals surface area (Å²) in [6.45, 7) is 1.80. The van der Waals surface area contributed by atoms with Crippen LogP contribution in [0.4, 0.5) is 5.69 Å². The quantitative estimate of drug-likeness (QED) is 0.586. The van der Waals surface area contributed by atoms with Gasteiger partial charge in [0.05, 0.1) is 11.0 Å². The third-order valence-corrected chi connectivity index (χ3v) is 3.54. The molecule has 1 aromatic heterocycles. The molecule has 6 heteroatoms. The molecule has 0 aliphatic rings. The van der Waals surface area contributed by atoms with E-state index in [1.54, 1.807) is 6.92 Å². The third kappa shape index (κ3) is 3.06. The van der Waals surface area contributed by atoms with E-state index in [-0.39, 0.29) is 23.2 Å². The highest BCUT2D eigenvalue weighted by molar-refractivity contribution is 5.95. The lowest BCUT2D eigenvalue weighted by atomic mass is 10.1. The van der Waals surface area contributed by atoms with E-state index < -0.39 is 4.92 Å². The Hall–Kier alpha value is -3.15. The van der Waals surface area contributed by atoms with Crippen LogP contribution in [0.1, 0.15) is 29.1 Å². The minimum Gasteiger partial charge on any atom is -0.459 e. The molecule has 0 aliphatic heterocycles. The number of non-ortho nitro benzene ring substituents is 1. The highest BCUT2D eigenvalue weighted by Gasteiger charge is 2.17. The minimum atomic E-state index is -0.528. The smallest absolute Gasteiger partial charge is 0.270 e. The molecular weight excluding hydrogens is 296 g/mol. The van der Waals surface area contributed by atoms with E-state index >= 15 is 0 Å². The first-order valence-electron chi connectivity index (χ1n) is 7.08. The molecule has 6 nitrogen and oxygen atoms in total. The van der Waals surface area contributed by atoms with Gasteiger partial charge in [0.2, 0.25) is 0 Å². The molecule has 1 atom stereocenters. The maximum Gasteiger partial charge on any atom is 0.270 e. The van der Waals surface area contributed by atoms with Crippen LogP contribution in [0.2, 0.25) is 0 Å². The molecule has 1 heterocycles. The standard InChI is InChI=1S/C17H14N2O4/c1-11(16-10-12-5-2-3-8-15(12)23-16)18-17(20)13-6-4-7-14(9-13)19(21)22/h2-11H,1H3,(H,18,20). The number of carbonyl (C=O) groups excluding carboxylic acids is 1. The molecule has 0 saturated heterocycles. The number of hydrogen-bond acceptors (Lipinski definition) is 4. The summed E-state index contributed by atoms with van der Waals surface area (Å²) in [6, 6.07) is 14.7. The second-order valence-electron chi connectivity index (χ2n) is 5.19. The van der Waals surface area contributed by atoms with Crippen LogP contribution >= 0.6 is 0 Å². The topological polar surface area (TPSA) is 85.4 Å². The van der Waals surface area contributed by atoms with Crippen LogP contribution in [0.5, 0.6) is 0 Å². The predicted octanol–water partition coefficient (Wildman–Crippen LogP) is 3.83. The van der Waals surface area contributed by atoms with Crippen molar-refractivity contribution in [3.05, 3.63) is 76.0 Å². The number of nitrogens with one attached hydrogen (secondary N) is 1. The largest absolute Gasteiger partial charge is 0.459 e. The zero-order valence-corrected chi connectivity index (χ0v) is 12.4. The first-order valence-corrected chi connectivity index (χ1v) is 7.08. The molecule has 1 N–H and O–H groups in total. The number of nitrogens with zero attached hydrogens (tertiary/aromatic N) is 1. The molecule has 0 aliphatic carbocycles. The minimum absolute atomic E-state index is 0.117. The Morgan fingerprint density at radius 2 is 1.96 bits per heavy atom. The number of nitro benzene ring substituents is 1. The summed E-state index contributed by atoms with van der Waals surface area (Å²) in [5.74, 6) is 0.242. The normalized spacial score (nSPS) is 12.0. The van der Waals surface area contributed by atoms with Crippen molar-refractivity contribution in [1.82, 2.24) is 5.32 Å². The van der Waals surface area contributed by atoms with Crippen molar-refractivity contribution >= 4 is 22.6 Å². The molecule has 0 saturated carbocycles. The predicted molar refractivity (Wildman–Crippen MR) is 85.2 cm³/mol. The van der Waals surface area contributed by atoms with Crippen molar-refractivity contribution in [2.45, 2.75) is 13.0 Å². The highest BCUT2D eigenvalue weighted by Crippen LogP contribution is 2.24. The van der Waals surface area contributed by atoms with Crippen molar-refractivity contribution in [3.8, 4) is 0 Å². The Labute approximate surface area is 131 Å². The Bertz CT molecular complexity index is 852. The Morgan fingerprint density at radius 1 is 1.17 bits per heavy atom. The lowest BCUT2D eigenvalue weighted by molar-refractivity contribution is -0.384. The maximum atomic E-state index is 12.2. The highest BCUT2D eigenvalue weighted by atomic mass is 16.6. The Kier molecular flexibility index (Phi) is 3.80. The number of furan rings is 1. The summed E-state index contributed by atoms with van der Waals surface area (Å²) in [5.41, 5.74) is 0.871. The van der Waals surface area contributed by atoms with Gasteiger partial charge in [-0.15, -0.1) is 0 Å². The number of hydrogen-bond donors (Lipinski definition) is 1. The van der Waals surface area contributed by atoms with Gasteiger partial charge in [0.25, 0.3) is 11.6 Å². The fourth-order valence-corrected chi connectivity index (χ4v) is 2.33. The zero-order chi connectivity index (χ0) is 16.4. The van der Waals surface area contributed by atoms with Gasteiger partial charge in [-0.05, 0) is 25.1 Å². The molecule has 3 rings (SSSR count). The van der Waals surface area contributed by atoms with Crippen LogP contribution in [0.25, 0.3) is 11.0 Å². The summed E-state index contributed by atoms with van der Waals surface area (Å²) in [6.07, 6.45) is 0. The van der Waals surface area contributed by atoms with E-state index in [9.17, 15) is 14.9 Å². The van der Waals surface area contributed by atoms with E-state index in [4.69, 9.17) is 4.42 Å². The molecule has 0 bridgehead atoms. The molecule has 1 unspecified atom stereocenters. The van der Waals surface area contributed by atoms with E-state index in [1.807, 2.05) is 30.3 Å². The van der Waals surface area contributed by atoms with Crippen LogP contribution in [0, 0.1) is 10.1 Å². The summed E-state index contributed by atoms with van der Waals surface area (Å²) in [5, 5.41) is 14.5. The Morgan fingerprint density at radius 3 is 2.70 bits per heavy atom. The van der Waals surface area contributed by atoms with Gasteiger partial charge in [0.15, 0.2) is 0 Å². The molecule has 0 fully saturated rings. The average Bonchev–Trinajstić information content (AvgIpc) is 2.99. The number of fused-ring (bicyclic) bond motifs is 1. The van der Waals surface area contributed by atoms with Gasteiger partial charge in [-0.3, -0.25) is 14.9 Å². The first-order chi connectivity index (χ1) is 11.0. The van der Waals surface area contributed by atoms with Gasteiger partial charge in [-0.2, -0.15) is 0 Å². The molecule has 116 valence electrons. The average molecular weight is 310 g/mol. The van der Waals surface area contributed by atoms with E-state index in [0.717, 1.165) is 11.0 Å². The van der Waals surface area contributed by atoms with Crippen molar-refractivity contribution in [2.75, 3.05) is 0 Å². The number of rotatable bonds is 4. The monoisotopic (exact) mass is 310 g/mol. The summed E-state index contributed by atoms with van der Waals surface area (Å²) in [7, 11) is 0. The molecule has 23 heavy (non-hydrogen) atoms. The summed E-state index contributed by atoms with van der Waals surface area (Å²) >= 11 is 0. The van der Waals surface area contributed by atoms with Crippen LogP contribution in [0.15, 0.2) is 59.0 Å². The van der Waals surface area contributed by atoms with Crippen molar-refractivity contribution in [3.63, 3.8) is 0 Å². The first kappa shape index (κ1) is 14.8. The summed E-state index contributed by atoms with van der Waals surface area (Å²) < 4.78 is 5.71. The van der Waals surface area contributed by atoms with Gasteiger partial charge in [0, 0.05) is 23.1 Å². The number of amides is 1. The second-order valence-corrected chi connectivity index (χ2v) is 5.19. The van der Waals surface area contributed by atoms with Gasteiger partial charge in [-0.25, -0.2) is 0 Å². The van der Waals surface area contributed by atoms with E-state index in [0.29, 0.717) is 5.76 Å². The third-order valence-electron chi connectivity index (χ3n) is 3.54. The molecule has 2 aromatic carbocycles. The lowest BCUT2D eigenvalue weighted by Crippen LogP contribution is -2.26. The molecule has 3 aromatic rings. The number of nitro groups is 1. The second kappa shape index (κ2) is 5.92. The van der Waals surface area contributed by atoms with Crippen molar-refractivity contribution in [1.29, 1.82) is 0 Å². The number of para-hydroxylation sites is 1. The van der Waals surface area contributed by atoms with E-state index in [1.165, 1.54) is 24.3 Å². The van der Waals surface area contributed by atoms with Crippen LogP contribution < -0.4 is 5.32 Å². The molecule has 1 amide bonds. The molecule has 0 radical (unpaired) electrons. The fraction of sp³-hybridized carbons (Fsp3) is 0.118. The zero-order valence-electron chi connectivity index (χ0n) is 12.4. The fourth-order valence-electron chi connectivity index (χ4n) is 2.33. The lowest BCUT2D eigenvalue weighted by Gasteiger charge is -2.11. The number of carbonyl (C=O) groups is 1. The van der Waals surface area contributed by atoms with Crippen molar-refractivity contribution in [2.24, 2.45) is 0 Å².